The van der Waals surface area contributed by atoms with Gasteiger partial charge in [0.1, 0.15) is 23.8 Å². The van der Waals surface area contributed by atoms with E-state index in [0.717, 1.165) is 25.3 Å². The normalized spacial score (nSPS) is 22.0. The Kier molecular flexibility index (Phi) is 10.1. The van der Waals surface area contributed by atoms with Crippen LogP contribution in [0.15, 0.2) is 48.5 Å². The fraction of sp³-hybridized carbons (Fsp3) is 0.459. The number of carbonyl (C=O) groups excluding carboxylic acids is 1. The lowest BCUT2D eigenvalue weighted by atomic mass is 9.79. The van der Waals surface area contributed by atoms with Gasteiger partial charge in [-0.15, -0.1) is 0 Å². The second-order valence-corrected chi connectivity index (χ2v) is 13.9. The van der Waals surface area contributed by atoms with E-state index in [4.69, 9.17) is 35.3 Å². The fourth-order valence-electron chi connectivity index (χ4n) is 6.98. The molecule has 3 atom stereocenters. The fourth-order valence-corrected chi connectivity index (χ4v) is 7.24. The molecule has 2 fully saturated rings. The second kappa shape index (κ2) is 14.1. The molecule has 262 valence electrons. The zero-order valence-electron chi connectivity index (χ0n) is 27.7. The first-order valence-corrected chi connectivity index (χ1v) is 16.9. The first kappa shape index (κ1) is 34.9. The third-order valence-corrected chi connectivity index (χ3v) is 9.44. The predicted molar refractivity (Wildman–Crippen MR) is 177 cm³/mol. The maximum absolute atomic E-state index is 16.5. The molecule has 0 unspecified atom stereocenters. The van der Waals surface area contributed by atoms with Crippen LogP contribution in [0.2, 0.25) is 5.02 Å². The maximum Gasteiger partial charge on any atom is 0.410 e. The summed E-state index contributed by atoms with van der Waals surface area (Å²) in [5.74, 6) is -3.55. The van der Waals surface area contributed by atoms with Crippen molar-refractivity contribution in [2.24, 2.45) is 0 Å². The highest BCUT2D eigenvalue weighted by molar-refractivity contribution is 6.34. The summed E-state index contributed by atoms with van der Waals surface area (Å²) >= 11 is 6.63. The van der Waals surface area contributed by atoms with Gasteiger partial charge in [-0.1, -0.05) is 41.9 Å². The van der Waals surface area contributed by atoms with E-state index in [0.29, 0.717) is 37.1 Å². The minimum Gasteiger partial charge on any atom is -0.488 e. The van der Waals surface area contributed by atoms with Crippen LogP contribution in [-0.2, 0) is 26.2 Å². The highest BCUT2D eigenvalue weighted by atomic mass is 35.5. The van der Waals surface area contributed by atoms with Crippen molar-refractivity contribution < 1.29 is 47.2 Å². The van der Waals surface area contributed by atoms with Crippen LogP contribution in [0.25, 0.3) is 11.1 Å². The molecule has 0 bridgehead atoms. The van der Waals surface area contributed by atoms with Crippen molar-refractivity contribution in [3.05, 3.63) is 81.9 Å². The van der Waals surface area contributed by atoms with E-state index >= 15 is 8.78 Å². The molecule has 1 amide bonds. The summed E-state index contributed by atoms with van der Waals surface area (Å²) in [6.07, 6.45) is 3.05. The van der Waals surface area contributed by atoms with E-state index in [1.807, 2.05) is 30.3 Å². The number of rotatable bonds is 9. The number of carbonyl (C=O) groups is 2. The summed E-state index contributed by atoms with van der Waals surface area (Å²) in [6, 6.07) is 12.2. The molecule has 3 heterocycles. The number of carboxylic acid groups (broad SMARTS) is 1. The molecule has 9 nitrogen and oxygen atoms in total. The van der Waals surface area contributed by atoms with Gasteiger partial charge in [-0.05, 0) is 70.6 Å². The van der Waals surface area contributed by atoms with Gasteiger partial charge >= 0.3 is 12.1 Å². The number of aromatic carboxylic acids is 1. The average molecular weight is 700 g/mol. The largest absolute Gasteiger partial charge is 0.488 e. The Bertz CT molecular complexity index is 1710. The van der Waals surface area contributed by atoms with E-state index in [9.17, 15) is 14.7 Å². The molecule has 3 aliphatic rings. The number of fused-ring (bicyclic) bond motifs is 1. The van der Waals surface area contributed by atoms with Crippen LogP contribution in [0, 0.1) is 11.6 Å². The molecular weight excluding hydrogens is 660 g/mol. The van der Waals surface area contributed by atoms with Crippen molar-refractivity contribution in [1.82, 2.24) is 4.90 Å². The van der Waals surface area contributed by atoms with Gasteiger partial charge in [0.2, 0.25) is 0 Å². The highest BCUT2D eigenvalue weighted by Gasteiger charge is 2.54. The monoisotopic (exact) mass is 699 g/mol. The smallest absolute Gasteiger partial charge is 0.410 e. The number of likely N-dealkylation sites (tertiary alicyclic amines) is 1. The Morgan fingerprint density at radius 3 is 2.51 bits per heavy atom. The van der Waals surface area contributed by atoms with E-state index in [1.165, 1.54) is 12.1 Å². The first-order chi connectivity index (χ1) is 23.4. The molecule has 6 rings (SSSR count). The van der Waals surface area contributed by atoms with Crippen LogP contribution in [0.1, 0.15) is 74.4 Å². The van der Waals surface area contributed by atoms with Gasteiger partial charge in [0.05, 0.1) is 23.2 Å². The second-order valence-electron chi connectivity index (χ2n) is 13.5. The van der Waals surface area contributed by atoms with E-state index in [2.05, 4.69) is 0 Å². The van der Waals surface area contributed by atoms with Crippen LogP contribution < -0.4 is 9.47 Å². The third kappa shape index (κ3) is 7.07. The topological polar surface area (TPSA) is 104 Å². The van der Waals surface area contributed by atoms with Gasteiger partial charge < -0.3 is 33.7 Å². The third-order valence-electron chi connectivity index (χ3n) is 9.07. The van der Waals surface area contributed by atoms with Crippen LogP contribution in [0.3, 0.4) is 0 Å². The van der Waals surface area contributed by atoms with Crippen molar-refractivity contribution in [2.75, 3.05) is 26.4 Å². The van der Waals surface area contributed by atoms with Gasteiger partial charge in [0, 0.05) is 42.3 Å². The number of hydrogen-bond acceptors (Lipinski definition) is 7. The number of amides is 1. The molecule has 2 saturated heterocycles. The Hall–Kier alpha value is -3.93. The Labute approximate surface area is 289 Å². The van der Waals surface area contributed by atoms with Crippen LogP contribution in [0.5, 0.6) is 11.5 Å². The molecule has 3 aromatic rings. The summed E-state index contributed by atoms with van der Waals surface area (Å²) in [6.45, 7) is 6.43. The molecule has 0 aromatic heterocycles. The molecule has 3 aliphatic heterocycles. The summed E-state index contributed by atoms with van der Waals surface area (Å²) < 4.78 is 61.7. The number of benzene rings is 3. The first-order valence-electron chi connectivity index (χ1n) is 16.6. The number of nitrogens with zero attached hydrogens (tertiary/aromatic N) is 1. The summed E-state index contributed by atoms with van der Waals surface area (Å²) in [5.41, 5.74) is -2.00. The van der Waals surface area contributed by atoms with Gasteiger partial charge in [-0.3, -0.25) is 0 Å². The standard InChI is InChI=1S/C37H40ClF2NO8/c1-36(2,3)49-35(44)41-16-9-12-28(41)37(22-10-5-4-6-11-22)21-24-27(48-37)20-25(39)32(38)30(24)31-23(34(42)43)14-15-26(33(31)40)45-18-19-47-29-13-7-8-17-46-29/h4-6,10-11,14-15,20,28-29H,7-9,12-13,16-19,21H2,1-3H3,(H,42,43)/t28-,29-,37-/m0/s1. The zero-order chi connectivity index (χ0) is 34.9. The van der Waals surface area contributed by atoms with Crippen molar-refractivity contribution in [2.45, 2.75) is 82.8 Å². The van der Waals surface area contributed by atoms with Crippen molar-refractivity contribution in [3.8, 4) is 22.6 Å². The Morgan fingerprint density at radius 2 is 1.82 bits per heavy atom. The molecule has 12 heteroatoms. The molecule has 0 aliphatic carbocycles. The average Bonchev–Trinajstić information content (AvgIpc) is 3.71. The Morgan fingerprint density at radius 1 is 1.04 bits per heavy atom. The lowest BCUT2D eigenvalue weighted by Crippen LogP contribution is -2.53. The summed E-state index contributed by atoms with van der Waals surface area (Å²) in [4.78, 5) is 27.6. The van der Waals surface area contributed by atoms with Crippen molar-refractivity contribution >= 4 is 23.7 Å². The van der Waals surface area contributed by atoms with Crippen molar-refractivity contribution in [3.63, 3.8) is 0 Å². The summed E-state index contributed by atoms with van der Waals surface area (Å²) in [7, 11) is 0. The minimum atomic E-state index is -1.44. The van der Waals surface area contributed by atoms with Crippen LogP contribution >= 0.6 is 11.6 Å². The minimum absolute atomic E-state index is 0.0322. The highest BCUT2D eigenvalue weighted by Crippen LogP contribution is 2.53. The molecule has 0 saturated carbocycles. The Balaban J connectivity index is 1.41. The van der Waals surface area contributed by atoms with E-state index in [1.54, 1.807) is 25.7 Å². The van der Waals surface area contributed by atoms with Gasteiger partial charge in [-0.2, -0.15) is 0 Å². The van der Waals surface area contributed by atoms with Crippen molar-refractivity contribution in [1.29, 1.82) is 0 Å². The molecule has 49 heavy (non-hydrogen) atoms. The quantitative estimate of drug-likeness (QED) is 0.223. The van der Waals surface area contributed by atoms with Gasteiger partial charge in [-0.25, -0.2) is 18.4 Å². The molecule has 1 N–H and O–H groups in total. The van der Waals surface area contributed by atoms with Crippen LogP contribution in [-0.4, -0.2) is 66.4 Å². The molecule has 0 radical (unpaired) electrons. The van der Waals surface area contributed by atoms with Gasteiger partial charge in [0.15, 0.2) is 23.5 Å². The summed E-state index contributed by atoms with van der Waals surface area (Å²) in [5, 5.41) is 9.72. The SMILES string of the molecule is CC(C)(C)OC(=O)N1CCC[C@H]1[C@@]1(c2ccccc2)Cc2c(cc(F)c(Cl)c2-c2c(C(=O)O)ccc(OCCO[C@H]3CCCCO3)c2F)O1. The maximum atomic E-state index is 16.5. The van der Waals surface area contributed by atoms with Crippen LogP contribution in [0.4, 0.5) is 13.6 Å². The number of hydrogen-bond donors (Lipinski definition) is 1. The predicted octanol–water partition coefficient (Wildman–Crippen LogP) is 8.14. The number of halogens is 3. The lowest BCUT2D eigenvalue weighted by Gasteiger charge is -2.40. The number of ether oxygens (including phenoxy) is 5. The molecule has 0 spiro atoms. The molecule has 3 aromatic carbocycles. The zero-order valence-corrected chi connectivity index (χ0v) is 28.5. The van der Waals surface area contributed by atoms with E-state index in [-0.39, 0.29) is 43.0 Å². The van der Waals surface area contributed by atoms with E-state index < -0.39 is 57.1 Å². The number of carboxylic acids is 1. The van der Waals surface area contributed by atoms with Gasteiger partial charge in [0.25, 0.3) is 0 Å². The molecular formula is C37H40ClF2NO8. The lowest BCUT2D eigenvalue weighted by molar-refractivity contribution is -0.165.